The molecule has 84 valence electrons. The Kier molecular flexibility index (Phi) is 3.83. The molecule has 2 rings (SSSR count). The third-order valence-corrected chi connectivity index (χ3v) is 4.87. The highest BCUT2D eigenvalue weighted by Crippen LogP contribution is 2.40. The Morgan fingerprint density at radius 1 is 1.60 bits per heavy atom. The molecule has 1 fully saturated rings. The molecule has 0 aliphatic carbocycles. The zero-order chi connectivity index (χ0) is 10.7. The van der Waals surface area contributed by atoms with Gasteiger partial charge in [0.15, 0.2) is 0 Å². The van der Waals surface area contributed by atoms with Crippen LogP contribution in [0.3, 0.4) is 0 Å². The van der Waals surface area contributed by atoms with Gasteiger partial charge in [-0.2, -0.15) is 0 Å². The molecule has 1 aliphatic heterocycles. The number of ether oxygens (including phenoxy) is 1. The van der Waals surface area contributed by atoms with E-state index in [1.807, 2.05) is 18.4 Å². The largest absolute Gasteiger partial charge is 0.379 e. The van der Waals surface area contributed by atoms with E-state index in [0.717, 1.165) is 19.8 Å². The molecule has 0 amide bonds. The van der Waals surface area contributed by atoms with E-state index in [0.29, 0.717) is 5.41 Å². The van der Waals surface area contributed by atoms with E-state index in [2.05, 4.69) is 32.7 Å². The summed E-state index contributed by atoms with van der Waals surface area (Å²) in [7, 11) is 2.01. The highest BCUT2D eigenvalue weighted by atomic mass is 79.9. The van der Waals surface area contributed by atoms with Crippen molar-refractivity contribution in [2.45, 2.75) is 18.3 Å². The highest BCUT2D eigenvalue weighted by molar-refractivity contribution is 9.10. The van der Waals surface area contributed by atoms with Crippen molar-refractivity contribution < 1.29 is 4.74 Å². The van der Waals surface area contributed by atoms with E-state index in [1.165, 1.54) is 22.2 Å². The van der Waals surface area contributed by atoms with Crippen LogP contribution in [0.4, 0.5) is 0 Å². The second kappa shape index (κ2) is 4.95. The zero-order valence-corrected chi connectivity index (χ0v) is 11.3. The normalized spacial score (nSPS) is 18.8. The molecule has 0 aromatic carbocycles. The van der Waals surface area contributed by atoms with E-state index in [9.17, 15) is 0 Å². The molecule has 1 N–H and O–H groups in total. The second-order valence-electron chi connectivity index (χ2n) is 4.11. The average Bonchev–Trinajstić information content (AvgIpc) is 2.57. The van der Waals surface area contributed by atoms with Crippen LogP contribution in [0.5, 0.6) is 0 Å². The molecule has 0 spiro atoms. The molecule has 1 saturated heterocycles. The topological polar surface area (TPSA) is 21.3 Å². The van der Waals surface area contributed by atoms with Gasteiger partial charge >= 0.3 is 0 Å². The van der Waals surface area contributed by atoms with Crippen LogP contribution in [-0.2, 0) is 10.2 Å². The van der Waals surface area contributed by atoms with Crippen molar-refractivity contribution >= 4 is 27.3 Å². The number of halogens is 1. The van der Waals surface area contributed by atoms with Gasteiger partial charge in [0.05, 0.1) is 18.6 Å². The molecule has 1 aliphatic rings. The summed E-state index contributed by atoms with van der Waals surface area (Å²) in [5, 5.41) is 5.36. The van der Waals surface area contributed by atoms with Crippen LogP contribution in [0.15, 0.2) is 15.9 Å². The molecule has 0 bridgehead atoms. The molecule has 0 saturated carbocycles. The number of nitrogens with one attached hydrogen (secondary N) is 1. The lowest BCUT2D eigenvalue weighted by molar-refractivity contribution is -0.0632. The zero-order valence-electron chi connectivity index (χ0n) is 8.88. The van der Waals surface area contributed by atoms with Crippen molar-refractivity contribution in [3.05, 3.63) is 20.8 Å². The lowest BCUT2D eigenvalue weighted by atomic mass is 9.80. The highest BCUT2D eigenvalue weighted by Gasteiger charge is 2.40. The minimum atomic E-state index is 0.313. The van der Waals surface area contributed by atoms with Gasteiger partial charge in [0.25, 0.3) is 0 Å². The van der Waals surface area contributed by atoms with Gasteiger partial charge in [-0.1, -0.05) is 0 Å². The number of hydrogen-bond donors (Lipinski definition) is 1. The van der Waals surface area contributed by atoms with Gasteiger partial charge in [-0.05, 0) is 48.4 Å². The first-order valence-corrected chi connectivity index (χ1v) is 6.91. The van der Waals surface area contributed by atoms with Gasteiger partial charge in [0.1, 0.15) is 0 Å². The van der Waals surface area contributed by atoms with Crippen molar-refractivity contribution in [2.24, 2.45) is 0 Å². The lowest BCUT2D eigenvalue weighted by Crippen LogP contribution is -2.46. The standard InChI is InChI=1S/C11H16BrNOS/c1-13-4-2-3-11(7-14-8-11)10-5-9(12)6-15-10/h5-6,13H,2-4,7-8H2,1H3. The number of thiophene rings is 1. The summed E-state index contributed by atoms with van der Waals surface area (Å²) >= 11 is 5.36. The summed E-state index contributed by atoms with van der Waals surface area (Å²) in [5.74, 6) is 0. The third kappa shape index (κ3) is 2.44. The first kappa shape index (κ1) is 11.6. The number of hydrogen-bond acceptors (Lipinski definition) is 3. The molecular formula is C11H16BrNOS. The van der Waals surface area contributed by atoms with Gasteiger partial charge in [0, 0.05) is 14.7 Å². The smallest absolute Gasteiger partial charge is 0.0593 e. The Morgan fingerprint density at radius 2 is 2.40 bits per heavy atom. The van der Waals surface area contributed by atoms with Crippen molar-refractivity contribution in [3.63, 3.8) is 0 Å². The van der Waals surface area contributed by atoms with E-state index in [1.54, 1.807) is 0 Å². The first-order chi connectivity index (χ1) is 7.27. The van der Waals surface area contributed by atoms with Gasteiger partial charge in [-0.3, -0.25) is 0 Å². The first-order valence-electron chi connectivity index (χ1n) is 5.24. The van der Waals surface area contributed by atoms with Gasteiger partial charge < -0.3 is 10.1 Å². The van der Waals surface area contributed by atoms with Crippen molar-refractivity contribution in [1.82, 2.24) is 5.32 Å². The monoisotopic (exact) mass is 289 g/mol. The summed E-state index contributed by atoms with van der Waals surface area (Å²) in [6, 6.07) is 2.24. The van der Waals surface area contributed by atoms with E-state index in [4.69, 9.17) is 4.74 Å². The Labute approximate surface area is 103 Å². The van der Waals surface area contributed by atoms with Gasteiger partial charge in [-0.25, -0.2) is 0 Å². The van der Waals surface area contributed by atoms with Crippen LogP contribution >= 0.6 is 27.3 Å². The third-order valence-electron chi connectivity index (χ3n) is 2.93. The summed E-state index contributed by atoms with van der Waals surface area (Å²) in [5.41, 5.74) is 0.313. The average molecular weight is 290 g/mol. The minimum Gasteiger partial charge on any atom is -0.379 e. The summed E-state index contributed by atoms with van der Waals surface area (Å²) in [6.07, 6.45) is 2.44. The molecule has 0 radical (unpaired) electrons. The van der Waals surface area contributed by atoms with Crippen LogP contribution < -0.4 is 5.32 Å². The van der Waals surface area contributed by atoms with E-state index in [-0.39, 0.29) is 0 Å². The van der Waals surface area contributed by atoms with Crippen LogP contribution in [0.25, 0.3) is 0 Å². The molecule has 1 aromatic heterocycles. The molecule has 0 atom stereocenters. The SMILES string of the molecule is CNCCCC1(c2cc(Br)cs2)COC1. The fourth-order valence-electron chi connectivity index (χ4n) is 1.95. The molecule has 2 nitrogen and oxygen atoms in total. The predicted octanol–water partition coefficient (Wildman–Crippen LogP) is 2.78. The van der Waals surface area contributed by atoms with Crippen LogP contribution in [0.1, 0.15) is 17.7 Å². The Bertz CT molecular complexity index is 322. The van der Waals surface area contributed by atoms with Crippen molar-refractivity contribution in [2.75, 3.05) is 26.8 Å². The number of rotatable bonds is 5. The fraction of sp³-hybridized carbons (Fsp3) is 0.636. The quantitative estimate of drug-likeness (QED) is 0.842. The summed E-state index contributed by atoms with van der Waals surface area (Å²) in [6.45, 7) is 2.88. The molecule has 15 heavy (non-hydrogen) atoms. The molecule has 2 heterocycles. The lowest BCUT2D eigenvalue weighted by Gasteiger charge is -2.41. The van der Waals surface area contributed by atoms with Crippen molar-refractivity contribution in [1.29, 1.82) is 0 Å². The van der Waals surface area contributed by atoms with Crippen LogP contribution in [0.2, 0.25) is 0 Å². The minimum absolute atomic E-state index is 0.313. The van der Waals surface area contributed by atoms with Crippen LogP contribution in [-0.4, -0.2) is 26.8 Å². The summed E-state index contributed by atoms with van der Waals surface area (Å²) < 4.78 is 6.60. The Balaban J connectivity index is 2.01. The molecule has 0 unspecified atom stereocenters. The maximum atomic E-state index is 5.40. The molecule has 1 aromatic rings. The van der Waals surface area contributed by atoms with E-state index < -0.39 is 0 Å². The summed E-state index contributed by atoms with van der Waals surface area (Å²) in [4.78, 5) is 1.47. The maximum absolute atomic E-state index is 5.40. The Hall–Kier alpha value is 0.1000. The van der Waals surface area contributed by atoms with E-state index >= 15 is 0 Å². The van der Waals surface area contributed by atoms with Gasteiger partial charge in [0.2, 0.25) is 0 Å². The molecule has 4 heteroatoms. The fourth-order valence-corrected chi connectivity index (χ4v) is 3.59. The maximum Gasteiger partial charge on any atom is 0.0593 e. The van der Waals surface area contributed by atoms with Gasteiger partial charge in [-0.15, -0.1) is 11.3 Å². The van der Waals surface area contributed by atoms with Crippen LogP contribution in [0, 0.1) is 0 Å². The predicted molar refractivity (Wildman–Crippen MR) is 67.7 cm³/mol. The van der Waals surface area contributed by atoms with Crippen molar-refractivity contribution in [3.8, 4) is 0 Å². The second-order valence-corrected chi connectivity index (χ2v) is 5.94. The molecular weight excluding hydrogens is 274 g/mol. The Morgan fingerprint density at radius 3 is 2.87 bits per heavy atom.